The van der Waals surface area contributed by atoms with Crippen molar-refractivity contribution in [3.05, 3.63) is 34.2 Å². The van der Waals surface area contributed by atoms with Crippen molar-refractivity contribution in [2.45, 2.75) is 6.42 Å². The number of nitrogens with one attached hydrogen (secondary N) is 1. The molecule has 1 aromatic rings. The van der Waals surface area contributed by atoms with E-state index in [0.717, 1.165) is 13.0 Å². The molecule has 1 rings (SSSR count). The van der Waals surface area contributed by atoms with Crippen LogP contribution in [0.4, 0.5) is 0 Å². The Labute approximate surface area is 119 Å². The van der Waals surface area contributed by atoms with Crippen LogP contribution in [0.1, 0.15) is 16.8 Å². The lowest BCUT2D eigenvalue weighted by Gasteiger charge is -2.23. The summed E-state index contributed by atoms with van der Waals surface area (Å²) in [4.78, 5) is 30.6. The van der Waals surface area contributed by atoms with E-state index in [9.17, 15) is 9.59 Å². The van der Waals surface area contributed by atoms with Gasteiger partial charge in [0, 0.05) is 38.7 Å². The van der Waals surface area contributed by atoms with Gasteiger partial charge in [-0.05, 0) is 27.1 Å². The summed E-state index contributed by atoms with van der Waals surface area (Å²) in [5, 5.41) is 0. The molecule has 20 heavy (non-hydrogen) atoms. The first-order valence-electron chi connectivity index (χ1n) is 6.66. The van der Waals surface area contributed by atoms with Gasteiger partial charge in [-0.15, -0.1) is 0 Å². The Morgan fingerprint density at radius 3 is 2.65 bits per heavy atom. The van der Waals surface area contributed by atoms with Crippen molar-refractivity contribution < 1.29 is 9.53 Å². The van der Waals surface area contributed by atoms with Crippen LogP contribution in [0.15, 0.2) is 23.3 Å². The molecule has 112 valence electrons. The van der Waals surface area contributed by atoms with E-state index < -0.39 is 0 Å². The second-order valence-electron chi connectivity index (χ2n) is 4.86. The van der Waals surface area contributed by atoms with Gasteiger partial charge >= 0.3 is 0 Å². The van der Waals surface area contributed by atoms with Crippen LogP contribution in [0.2, 0.25) is 0 Å². The molecule has 0 unspecified atom stereocenters. The minimum Gasteiger partial charge on any atom is -0.383 e. The molecule has 0 aromatic carbocycles. The second kappa shape index (κ2) is 8.50. The van der Waals surface area contributed by atoms with Crippen LogP contribution in [0.25, 0.3) is 0 Å². The molecule has 0 aliphatic rings. The Balaban J connectivity index is 2.73. The lowest BCUT2D eigenvalue weighted by atomic mass is 10.2. The first-order valence-corrected chi connectivity index (χ1v) is 6.66. The standard InChI is InChI=1S/C14H23N3O3/c1-16(2)7-4-8-17(9-10-20-3)14(19)12-11-15-6-5-13(12)18/h5-6,11H,4,7-10H2,1-3H3,(H,15,18). The zero-order chi connectivity index (χ0) is 15.0. The van der Waals surface area contributed by atoms with E-state index >= 15 is 0 Å². The number of pyridine rings is 1. The van der Waals surface area contributed by atoms with Gasteiger partial charge in [-0.2, -0.15) is 0 Å². The summed E-state index contributed by atoms with van der Waals surface area (Å²) in [5.41, 5.74) is -0.0859. The lowest BCUT2D eigenvalue weighted by molar-refractivity contribution is 0.0687. The number of methoxy groups -OCH3 is 1. The van der Waals surface area contributed by atoms with Gasteiger partial charge in [0.15, 0.2) is 5.43 Å². The molecule has 0 spiro atoms. The Hall–Kier alpha value is -1.66. The maximum absolute atomic E-state index is 12.4. The van der Waals surface area contributed by atoms with Crippen LogP contribution in [-0.2, 0) is 4.74 Å². The second-order valence-corrected chi connectivity index (χ2v) is 4.86. The zero-order valence-corrected chi connectivity index (χ0v) is 12.4. The molecule has 0 fully saturated rings. The molecular weight excluding hydrogens is 258 g/mol. The van der Waals surface area contributed by atoms with Gasteiger partial charge in [0.25, 0.3) is 5.91 Å². The van der Waals surface area contributed by atoms with Gasteiger partial charge in [0.2, 0.25) is 0 Å². The normalized spacial score (nSPS) is 10.8. The topological polar surface area (TPSA) is 65.6 Å². The Morgan fingerprint density at radius 1 is 1.30 bits per heavy atom. The first kappa shape index (κ1) is 16.4. The SMILES string of the molecule is COCCN(CCCN(C)C)C(=O)c1c[nH]ccc1=O. The summed E-state index contributed by atoms with van der Waals surface area (Å²) in [6.45, 7) is 2.44. The van der Waals surface area contributed by atoms with Crippen LogP contribution < -0.4 is 5.43 Å². The molecule has 0 saturated heterocycles. The largest absolute Gasteiger partial charge is 0.383 e. The maximum atomic E-state index is 12.4. The average Bonchev–Trinajstić information content (AvgIpc) is 2.42. The van der Waals surface area contributed by atoms with E-state index in [-0.39, 0.29) is 16.9 Å². The third-order valence-corrected chi connectivity index (χ3v) is 2.94. The summed E-state index contributed by atoms with van der Waals surface area (Å²) in [6.07, 6.45) is 3.83. The van der Waals surface area contributed by atoms with Gasteiger partial charge in [-0.25, -0.2) is 0 Å². The number of carbonyl (C=O) groups excluding carboxylic acids is 1. The first-order chi connectivity index (χ1) is 9.56. The van der Waals surface area contributed by atoms with Crippen LogP contribution in [-0.4, -0.2) is 68.1 Å². The van der Waals surface area contributed by atoms with E-state index in [2.05, 4.69) is 9.88 Å². The predicted molar refractivity (Wildman–Crippen MR) is 78.0 cm³/mol. The number of nitrogens with zero attached hydrogens (tertiary/aromatic N) is 2. The summed E-state index contributed by atoms with van der Waals surface area (Å²) in [6, 6.07) is 1.36. The zero-order valence-electron chi connectivity index (χ0n) is 12.4. The lowest BCUT2D eigenvalue weighted by Crippen LogP contribution is -2.38. The fourth-order valence-electron chi connectivity index (χ4n) is 1.85. The van der Waals surface area contributed by atoms with Crippen molar-refractivity contribution in [1.82, 2.24) is 14.8 Å². The van der Waals surface area contributed by atoms with Crippen molar-refractivity contribution in [3.63, 3.8) is 0 Å². The minimum atomic E-state index is -0.260. The van der Waals surface area contributed by atoms with Gasteiger partial charge in [-0.1, -0.05) is 0 Å². The average molecular weight is 281 g/mol. The van der Waals surface area contributed by atoms with Crippen molar-refractivity contribution in [2.75, 3.05) is 47.4 Å². The third-order valence-electron chi connectivity index (χ3n) is 2.94. The van der Waals surface area contributed by atoms with Crippen LogP contribution in [0, 0.1) is 0 Å². The number of H-pyrrole nitrogens is 1. The van der Waals surface area contributed by atoms with E-state index in [0.29, 0.717) is 19.7 Å². The number of hydrogen-bond donors (Lipinski definition) is 1. The number of rotatable bonds is 8. The Bertz CT molecular complexity index is 471. The predicted octanol–water partition coefficient (Wildman–Crippen LogP) is 0.415. The van der Waals surface area contributed by atoms with Crippen molar-refractivity contribution >= 4 is 5.91 Å². The number of hydrogen-bond acceptors (Lipinski definition) is 4. The molecule has 6 heteroatoms. The van der Waals surface area contributed by atoms with Gasteiger partial charge in [0.05, 0.1) is 6.61 Å². The molecule has 0 saturated carbocycles. The minimum absolute atomic E-state index is 0.174. The molecule has 6 nitrogen and oxygen atoms in total. The summed E-state index contributed by atoms with van der Waals surface area (Å²) in [5.74, 6) is -0.248. The Morgan fingerprint density at radius 2 is 2.05 bits per heavy atom. The fourth-order valence-corrected chi connectivity index (χ4v) is 1.85. The van der Waals surface area contributed by atoms with E-state index in [1.807, 2.05) is 14.1 Å². The molecule has 1 heterocycles. The maximum Gasteiger partial charge on any atom is 0.259 e. The molecule has 0 radical (unpaired) electrons. The highest BCUT2D eigenvalue weighted by molar-refractivity contribution is 5.93. The molecule has 0 aliphatic heterocycles. The smallest absolute Gasteiger partial charge is 0.259 e. The van der Waals surface area contributed by atoms with Crippen LogP contribution in [0.3, 0.4) is 0 Å². The van der Waals surface area contributed by atoms with E-state index in [1.54, 1.807) is 12.0 Å². The highest BCUT2D eigenvalue weighted by atomic mass is 16.5. The van der Waals surface area contributed by atoms with Gasteiger partial charge in [-0.3, -0.25) is 9.59 Å². The molecule has 1 amide bonds. The summed E-state index contributed by atoms with van der Waals surface area (Å²) in [7, 11) is 5.57. The van der Waals surface area contributed by atoms with E-state index in [1.165, 1.54) is 18.5 Å². The molecule has 1 aromatic heterocycles. The number of aromatic amines is 1. The van der Waals surface area contributed by atoms with Crippen LogP contribution >= 0.6 is 0 Å². The highest BCUT2D eigenvalue weighted by Gasteiger charge is 2.17. The summed E-state index contributed by atoms with van der Waals surface area (Å²) < 4.78 is 5.03. The van der Waals surface area contributed by atoms with Crippen LogP contribution in [0.5, 0.6) is 0 Å². The molecule has 0 bridgehead atoms. The third kappa shape index (κ3) is 5.14. The number of amides is 1. The number of aromatic nitrogens is 1. The van der Waals surface area contributed by atoms with Gasteiger partial charge in [0.1, 0.15) is 5.56 Å². The monoisotopic (exact) mass is 281 g/mol. The molecular formula is C14H23N3O3. The number of carbonyl (C=O) groups is 1. The molecule has 0 aliphatic carbocycles. The number of ether oxygens (including phenoxy) is 1. The highest BCUT2D eigenvalue weighted by Crippen LogP contribution is 2.01. The molecule has 1 N–H and O–H groups in total. The van der Waals surface area contributed by atoms with E-state index in [4.69, 9.17) is 4.74 Å². The Kier molecular flexibility index (Phi) is 6.97. The molecule has 0 atom stereocenters. The van der Waals surface area contributed by atoms with Crippen molar-refractivity contribution in [2.24, 2.45) is 0 Å². The van der Waals surface area contributed by atoms with Crippen molar-refractivity contribution in [1.29, 1.82) is 0 Å². The van der Waals surface area contributed by atoms with Gasteiger partial charge < -0.3 is 19.5 Å². The quantitative estimate of drug-likeness (QED) is 0.750. The van der Waals surface area contributed by atoms with Crippen molar-refractivity contribution in [3.8, 4) is 0 Å². The summed E-state index contributed by atoms with van der Waals surface area (Å²) >= 11 is 0. The fraction of sp³-hybridized carbons (Fsp3) is 0.571.